The molecule has 0 bridgehead atoms. The fourth-order valence-corrected chi connectivity index (χ4v) is 6.88. The molecule has 0 spiro atoms. The zero-order valence-corrected chi connectivity index (χ0v) is 22.4. The summed E-state index contributed by atoms with van der Waals surface area (Å²) in [5.41, 5.74) is 6.84. The molecule has 6 nitrogen and oxygen atoms in total. The largest absolute Gasteiger partial charge is 0.389 e. The number of hydrogen-bond donors (Lipinski definition) is 1. The molecule has 1 aliphatic carbocycles. The summed E-state index contributed by atoms with van der Waals surface area (Å²) in [6, 6.07) is 6.65. The van der Waals surface area contributed by atoms with Gasteiger partial charge in [0.2, 0.25) is 5.95 Å². The normalized spacial score (nSPS) is 19.4. The second-order valence-electron chi connectivity index (χ2n) is 11.2. The van der Waals surface area contributed by atoms with Gasteiger partial charge >= 0.3 is 0 Å². The summed E-state index contributed by atoms with van der Waals surface area (Å²) in [4.78, 5) is 17.7. The summed E-state index contributed by atoms with van der Waals surface area (Å²) in [5.74, 6) is 0.895. The van der Waals surface area contributed by atoms with Gasteiger partial charge in [-0.05, 0) is 56.0 Å². The Hall–Kier alpha value is -2.32. The van der Waals surface area contributed by atoms with Crippen LogP contribution in [0.1, 0.15) is 49.8 Å². The summed E-state index contributed by atoms with van der Waals surface area (Å²) in [5, 5.41) is 12.5. The van der Waals surface area contributed by atoms with E-state index in [0.717, 1.165) is 75.9 Å². The van der Waals surface area contributed by atoms with Crippen LogP contribution in [0.15, 0.2) is 29.7 Å². The van der Waals surface area contributed by atoms with E-state index >= 15 is 0 Å². The third-order valence-corrected chi connectivity index (χ3v) is 8.68. The van der Waals surface area contributed by atoms with Gasteiger partial charge in [-0.1, -0.05) is 30.4 Å². The molecule has 4 heterocycles. The molecular formula is C29H37N5OS. The maximum Gasteiger partial charge on any atom is 0.226 e. The average molecular weight is 504 g/mol. The van der Waals surface area contributed by atoms with Gasteiger partial charge in [-0.2, -0.15) is 0 Å². The maximum absolute atomic E-state index is 10.2. The number of piperazine rings is 1. The molecule has 36 heavy (non-hydrogen) atoms. The number of hydrogen-bond acceptors (Lipinski definition) is 7. The minimum absolute atomic E-state index is 0.642. The second kappa shape index (κ2) is 9.86. The minimum atomic E-state index is -0.642. The molecule has 2 fully saturated rings. The molecule has 6 rings (SSSR count). The van der Waals surface area contributed by atoms with E-state index in [4.69, 9.17) is 9.97 Å². The number of nitrogens with zero attached hydrogens (tertiary/aromatic N) is 5. The third-order valence-electron chi connectivity index (χ3n) is 7.66. The zero-order chi connectivity index (χ0) is 24.7. The van der Waals surface area contributed by atoms with Gasteiger partial charge in [-0.15, -0.1) is 11.3 Å². The van der Waals surface area contributed by atoms with Crippen LogP contribution in [-0.4, -0.2) is 76.3 Å². The van der Waals surface area contributed by atoms with Crippen LogP contribution >= 0.6 is 11.3 Å². The third kappa shape index (κ3) is 4.94. The minimum Gasteiger partial charge on any atom is -0.389 e. The first-order valence-corrected chi connectivity index (χ1v) is 14.3. The lowest BCUT2D eigenvalue weighted by atomic mass is 10.0. The predicted octanol–water partition coefficient (Wildman–Crippen LogP) is 4.81. The van der Waals surface area contributed by atoms with Crippen molar-refractivity contribution in [1.82, 2.24) is 19.8 Å². The van der Waals surface area contributed by atoms with Crippen molar-refractivity contribution < 1.29 is 5.11 Å². The number of fused-ring (bicyclic) bond motifs is 2. The highest BCUT2D eigenvalue weighted by molar-refractivity contribution is 7.17. The molecule has 0 atom stereocenters. The van der Waals surface area contributed by atoms with Crippen LogP contribution in [0, 0.1) is 0 Å². The zero-order valence-electron chi connectivity index (χ0n) is 21.5. The average Bonchev–Trinajstić information content (AvgIpc) is 3.52. The lowest BCUT2D eigenvalue weighted by molar-refractivity contribution is 0.0167. The molecule has 1 aromatic carbocycles. The summed E-state index contributed by atoms with van der Waals surface area (Å²) in [6.45, 7) is 11.5. The molecule has 0 unspecified atom stereocenters. The van der Waals surface area contributed by atoms with Gasteiger partial charge in [0.15, 0.2) is 0 Å². The van der Waals surface area contributed by atoms with Gasteiger partial charge in [0.25, 0.3) is 0 Å². The van der Waals surface area contributed by atoms with Crippen LogP contribution in [-0.2, 0) is 13.0 Å². The Morgan fingerprint density at radius 1 is 0.972 bits per heavy atom. The lowest BCUT2D eigenvalue weighted by Crippen LogP contribution is -2.50. The molecule has 3 aromatic rings. The quantitative estimate of drug-likeness (QED) is 0.521. The van der Waals surface area contributed by atoms with Crippen LogP contribution in [0.5, 0.6) is 0 Å². The first kappa shape index (κ1) is 24.0. The van der Waals surface area contributed by atoms with Crippen molar-refractivity contribution in [3.8, 4) is 11.3 Å². The SMILES string of the molecule is CC(C)(O)CN1CCN(Cc2csc3c(-c4cccc5c4C=CC5)nc(N4CCCCC4)nc23)CC1. The van der Waals surface area contributed by atoms with Crippen LogP contribution in [0.2, 0.25) is 0 Å². The Balaban J connectivity index is 1.33. The van der Waals surface area contributed by atoms with Crippen LogP contribution in [0.25, 0.3) is 27.6 Å². The van der Waals surface area contributed by atoms with E-state index in [9.17, 15) is 5.11 Å². The maximum atomic E-state index is 10.2. The Kier molecular flexibility index (Phi) is 6.58. The van der Waals surface area contributed by atoms with Crippen LogP contribution in [0.4, 0.5) is 5.95 Å². The molecule has 2 aromatic heterocycles. The van der Waals surface area contributed by atoms with Crippen molar-refractivity contribution in [2.75, 3.05) is 50.7 Å². The number of anilines is 1. The van der Waals surface area contributed by atoms with Crippen molar-refractivity contribution in [1.29, 1.82) is 0 Å². The first-order valence-electron chi connectivity index (χ1n) is 13.4. The fraction of sp³-hybridized carbons (Fsp3) is 0.517. The van der Waals surface area contributed by atoms with Crippen LogP contribution < -0.4 is 4.90 Å². The van der Waals surface area contributed by atoms with Crippen molar-refractivity contribution in [2.24, 2.45) is 0 Å². The van der Waals surface area contributed by atoms with E-state index in [1.54, 1.807) is 11.3 Å². The number of aliphatic hydroxyl groups is 1. The van der Waals surface area contributed by atoms with Crippen molar-refractivity contribution >= 4 is 33.6 Å². The highest BCUT2D eigenvalue weighted by Crippen LogP contribution is 2.39. The summed E-state index contributed by atoms with van der Waals surface area (Å²) in [7, 11) is 0. The van der Waals surface area contributed by atoms with Gasteiger partial charge in [0.05, 0.1) is 21.5 Å². The number of aromatic nitrogens is 2. The van der Waals surface area contributed by atoms with E-state index in [1.807, 2.05) is 13.8 Å². The number of piperidine rings is 1. The molecule has 2 aliphatic heterocycles. The fourth-order valence-electron chi connectivity index (χ4n) is 5.88. The summed E-state index contributed by atoms with van der Waals surface area (Å²) < 4.78 is 1.21. The summed E-state index contributed by atoms with van der Waals surface area (Å²) in [6.07, 6.45) is 9.25. The molecule has 1 N–H and O–H groups in total. The lowest BCUT2D eigenvalue weighted by Gasteiger charge is -2.37. The van der Waals surface area contributed by atoms with Gasteiger partial charge < -0.3 is 10.0 Å². The highest BCUT2D eigenvalue weighted by atomic mass is 32.1. The van der Waals surface area contributed by atoms with Crippen molar-refractivity contribution in [2.45, 2.75) is 51.7 Å². The van der Waals surface area contributed by atoms with Crippen molar-refractivity contribution in [3.63, 3.8) is 0 Å². The van der Waals surface area contributed by atoms with Crippen molar-refractivity contribution in [3.05, 3.63) is 46.3 Å². The molecule has 0 amide bonds. The van der Waals surface area contributed by atoms with Gasteiger partial charge in [-0.25, -0.2) is 9.97 Å². The van der Waals surface area contributed by atoms with E-state index in [1.165, 1.54) is 46.2 Å². The van der Waals surface area contributed by atoms with E-state index in [2.05, 4.69) is 50.4 Å². The molecule has 0 saturated carbocycles. The van der Waals surface area contributed by atoms with Gasteiger partial charge in [0.1, 0.15) is 0 Å². The van der Waals surface area contributed by atoms with E-state index < -0.39 is 5.60 Å². The Morgan fingerprint density at radius 2 is 1.75 bits per heavy atom. The number of thiophene rings is 1. The number of allylic oxidation sites excluding steroid dienone is 1. The monoisotopic (exact) mass is 503 g/mol. The Bertz CT molecular complexity index is 1260. The summed E-state index contributed by atoms with van der Waals surface area (Å²) >= 11 is 1.80. The molecule has 190 valence electrons. The predicted molar refractivity (Wildman–Crippen MR) is 150 cm³/mol. The first-order chi connectivity index (χ1) is 17.4. The molecule has 7 heteroatoms. The molecule has 0 radical (unpaired) electrons. The van der Waals surface area contributed by atoms with Gasteiger partial charge in [-0.3, -0.25) is 9.80 Å². The standard InChI is InChI=1S/C29H37N5OS/c1-29(2,35)20-33-16-14-32(15-17-33)18-22-19-36-27-25(22)30-28(34-12-4-3-5-13-34)31-26(27)24-11-7-9-21-8-6-10-23(21)24/h6-7,9-11,19,35H,3-5,8,12-18,20H2,1-2H3. The number of benzene rings is 1. The highest BCUT2D eigenvalue weighted by Gasteiger charge is 2.25. The Morgan fingerprint density at radius 3 is 2.53 bits per heavy atom. The van der Waals surface area contributed by atoms with E-state index in [-0.39, 0.29) is 0 Å². The second-order valence-corrected chi connectivity index (χ2v) is 12.1. The Labute approximate surface area is 218 Å². The number of rotatable bonds is 6. The number of β-amino-alcohol motifs (C(OH)–C–C–N with tert-alkyl or cyclic N) is 1. The smallest absolute Gasteiger partial charge is 0.226 e. The molecular weight excluding hydrogens is 466 g/mol. The molecule has 2 saturated heterocycles. The molecule has 3 aliphatic rings. The van der Waals surface area contributed by atoms with Gasteiger partial charge in [0, 0.05) is 63.5 Å². The van der Waals surface area contributed by atoms with E-state index in [0.29, 0.717) is 0 Å². The van der Waals surface area contributed by atoms with Crippen LogP contribution in [0.3, 0.4) is 0 Å². The topological polar surface area (TPSA) is 55.7 Å².